The summed E-state index contributed by atoms with van der Waals surface area (Å²) < 4.78 is 5.27. The van der Waals surface area contributed by atoms with Crippen molar-refractivity contribution in [3.8, 4) is 5.75 Å². The van der Waals surface area contributed by atoms with E-state index in [1.807, 2.05) is 48.5 Å². The Morgan fingerprint density at radius 1 is 0.643 bits per heavy atom. The maximum Gasteiger partial charge on any atom is 0.314 e. The third kappa shape index (κ3) is 2.41. The molecule has 0 amide bonds. The minimum absolute atomic E-state index is 0.753. The summed E-state index contributed by atoms with van der Waals surface area (Å²) in [6.07, 6.45) is 0. The summed E-state index contributed by atoms with van der Waals surface area (Å²) in [5, 5.41) is 5.96. The van der Waals surface area contributed by atoms with E-state index in [4.69, 9.17) is 24.5 Å². The quantitative estimate of drug-likeness (QED) is 0.313. The lowest BCUT2D eigenvalue weighted by Gasteiger charge is -2.21. The highest BCUT2D eigenvalue weighted by Crippen LogP contribution is 2.33. The second-order valence-corrected chi connectivity index (χ2v) is 6.60. The first-order valence-electron chi connectivity index (χ1n) is 9.01. The average molecular weight is 370 g/mol. The Bertz CT molecular complexity index is 1240. The predicted octanol–water partition coefficient (Wildman–Crippen LogP) is 3.64. The van der Waals surface area contributed by atoms with Crippen LogP contribution in [0.25, 0.3) is 21.5 Å². The van der Waals surface area contributed by atoms with Crippen LogP contribution >= 0.6 is 0 Å². The van der Waals surface area contributed by atoms with Gasteiger partial charge in [0.15, 0.2) is 0 Å². The van der Waals surface area contributed by atoms with Gasteiger partial charge < -0.3 is 4.74 Å². The second kappa shape index (κ2) is 6.41. The third-order valence-corrected chi connectivity index (χ3v) is 5.07. The van der Waals surface area contributed by atoms with E-state index in [9.17, 15) is 0 Å². The Kier molecular flexibility index (Phi) is 3.86. The molecular formula is C23H18N2O3. The van der Waals surface area contributed by atoms with Crippen LogP contribution < -0.4 is 15.5 Å². The second-order valence-electron chi connectivity index (χ2n) is 6.60. The Balaban J connectivity index is 1.89. The van der Waals surface area contributed by atoms with Crippen LogP contribution in [0.3, 0.4) is 0 Å². The number of methoxy groups -OCH3 is 1. The summed E-state index contributed by atoms with van der Waals surface area (Å²) in [5.74, 6) is -0.543. The molecule has 0 spiro atoms. The molecule has 0 atom stereocenters. The molecule has 5 nitrogen and oxygen atoms in total. The molecule has 0 unspecified atom stereocenters. The molecule has 1 aliphatic heterocycles. The van der Waals surface area contributed by atoms with Gasteiger partial charge in [0.05, 0.1) is 24.9 Å². The van der Waals surface area contributed by atoms with E-state index in [2.05, 4.69) is 24.3 Å². The molecule has 4 aromatic carbocycles. The third-order valence-electron chi connectivity index (χ3n) is 5.07. The van der Waals surface area contributed by atoms with E-state index in [1.165, 1.54) is 7.11 Å². The summed E-state index contributed by atoms with van der Waals surface area (Å²) in [6.45, 7) is 0. The molecule has 0 bridgehead atoms. The predicted molar refractivity (Wildman–Crippen MR) is 107 cm³/mol. The van der Waals surface area contributed by atoms with Gasteiger partial charge in [-0.3, -0.25) is 0 Å². The van der Waals surface area contributed by atoms with Gasteiger partial charge >= 0.3 is 5.85 Å². The highest BCUT2D eigenvalue weighted by Gasteiger charge is 2.37. The number of hydrogen-bond donors (Lipinski definition) is 0. The fourth-order valence-electron chi connectivity index (χ4n) is 3.80. The molecule has 0 aromatic heterocycles. The molecule has 0 saturated carbocycles. The minimum Gasteiger partial charge on any atom is -0.497 e. The molecule has 28 heavy (non-hydrogen) atoms. The topological polar surface area (TPSA) is 52.4 Å². The zero-order chi connectivity index (χ0) is 19.1. The van der Waals surface area contributed by atoms with Crippen LogP contribution in [0.5, 0.6) is 5.75 Å². The normalized spacial score (nSPS) is 14.5. The largest absolute Gasteiger partial charge is 0.497 e. The summed E-state index contributed by atoms with van der Waals surface area (Å²) in [7, 11) is 3.10. The van der Waals surface area contributed by atoms with E-state index in [1.54, 1.807) is 7.11 Å². The van der Waals surface area contributed by atoms with E-state index in [-0.39, 0.29) is 0 Å². The Morgan fingerprint density at radius 3 is 1.61 bits per heavy atom. The zero-order valence-corrected chi connectivity index (χ0v) is 15.5. The molecule has 138 valence electrons. The smallest absolute Gasteiger partial charge is 0.314 e. The Morgan fingerprint density at radius 2 is 1.14 bits per heavy atom. The van der Waals surface area contributed by atoms with Crippen molar-refractivity contribution >= 4 is 21.5 Å². The molecule has 4 aromatic rings. The number of fused-ring (bicyclic) bond motifs is 6. The molecular weight excluding hydrogens is 352 g/mol. The van der Waals surface area contributed by atoms with Crippen LogP contribution in [-0.4, -0.2) is 14.2 Å². The highest BCUT2D eigenvalue weighted by molar-refractivity contribution is 6.07. The molecule has 5 rings (SSSR count). The lowest BCUT2D eigenvalue weighted by atomic mass is 10.0. The van der Waals surface area contributed by atoms with E-state index < -0.39 is 5.85 Å². The number of rotatable bonds is 4. The summed E-state index contributed by atoms with van der Waals surface area (Å²) >= 11 is 0. The fraction of sp³-hybridized carbons (Fsp3) is 0.130. The van der Waals surface area contributed by atoms with E-state index in [0.717, 1.165) is 43.6 Å². The Labute approximate surface area is 161 Å². The van der Waals surface area contributed by atoms with Gasteiger partial charge in [-0.25, -0.2) is 14.9 Å². The highest BCUT2D eigenvalue weighted by atomic mass is 17.2. The van der Waals surface area contributed by atoms with Crippen molar-refractivity contribution < 1.29 is 14.5 Å². The molecule has 0 radical (unpaired) electrons. The van der Waals surface area contributed by atoms with Crippen LogP contribution in [0.4, 0.5) is 0 Å². The maximum atomic E-state index is 5.66. The number of nitrogens with zero attached hydrogens (tertiary/aromatic N) is 2. The summed E-state index contributed by atoms with van der Waals surface area (Å²) in [5.41, 5.74) is 0.763. The van der Waals surface area contributed by atoms with E-state index >= 15 is 0 Å². The molecule has 1 heterocycles. The molecule has 0 saturated heterocycles. The van der Waals surface area contributed by atoms with Gasteiger partial charge in [0.25, 0.3) is 0 Å². The first-order valence-corrected chi connectivity index (χ1v) is 9.01. The van der Waals surface area contributed by atoms with Crippen molar-refractivity contribution in [1.82, 2.24) is 0 Å². The van der Waals surface area contributed by atoms with Gasteiger partial charge in [0.1, 0.15) is 5.75 Å². The molecule has 0 aliphatic carbocycles. The minimum atomic E-state index is -1.30. The van der Waals surface area contributed by atoms with Crippen LogP contribution in [-0.2, 0) is 15.6 Å². The van der Waals surface area contributed by atoms with Gasteiger partial charge in [0.2, 0.25) is 0 Å². The zero-order valence-electron chi connectivity index (χ0n) is 15.5. The number of hydrogen-bond acceptors (Lipinski definition) is 5. The van der Waals surface area contributed by atoms with Gasteiger partial charge in [0, 0.05) is 16.3 Å². The van der Waals surface area contributed by atoms with Crippen LogP contribution in [0.15, 0.2) is 82.8 Å². The molecule has 0 fully saturated rings. The molecule has 1 aliphatic rings. The van der Waals surface area contributed by atoms with Gasteiger partial charge in [-0.15, -0.1) is 0 Å². The van der Waals surface area contributed by atoms with E-state index in [0.29, 0.717) is 0 Å². The summed E-state index contributed by atoms with van der Waals surface area (Å²) in [4.78, 5) is 20.6. The lowest BCUT2D eigenvalue weighted by molar-refractivity contribution is -0.347. The average Bonchev–Trinajstić information content (AvgIpc) is 3.15. The van der Waals surface area contributed by atoms with Crippen LogP contribution in [0.1, 0.15) is 5.56 Å². The van der Waals surface area contributed by atoms with Crippen molar-refractivity contribution in [1.29, 1.82) is 0 Å². The number of benzene rings is 4. The number of ether oxygens (including phenoxy) is 1. The monoisotopic (exact) mass is 370 g/mol. The van der Waals surface area contributed by atoms with Crippen molar-refractivity contribution in [3.05, 3.63) is 89.1 Å². The van der Waals surface area contributed by atoms with Crippen molar-refractivity contribution in [3.63, 3.8) is 0 Å². The molecule has 5 heteroatoms. The van der Waals surface area contributed by atoms with Crippen molar-refractivity contribution in [2.24, 2.45) is 9.98 Å². The van der Waals surface area contributed by atoms with Gasteiger partial charge in [-0.2, -0.15) is 4.89 Å². The molecule has 0 N–H and O–H groups in total. The summed E-state index contributed by atoms with van der Waals surface area (Å²) in [6, 6.07) is 24.0. The first kappa shape index (κ1) is 16.9. The van der Waals surface area contributed by atoms with Crippen molar-refractivity contribution in [2.45, 2.75) is 5.85 Å². The standard InChI is InChI=1S/C23H18N2O3/c1-26-16-13-11-15(12-14-16)23(28-27-2)24-21-19-9-5-3-7-17(19)18-8-4-6-10-20(18)22(21)25-23/h3-14H,1-2H3. The fourth-order valence-corrected chi connectivity index (χ4v) is 3.80. The van der Waals surface area contributed by atoms with Gasteiger partial charge in [-0.1, -0.05) is 48.5 Å². The maximum absolute atomic E-state index is 5.66. The SMILES string of the molecule is COOC1(c2ccc(OC)cc2)N=c2c(c3ccccc3c3ccccc23)=N1. The van der Waals surface area contributed by atoms with Crippen LogP contribution in [0, 0.1) is 0 Å². The Hall–Kier alpha value is -3.28. The van der Waals surface area contributed by atoms with Gasteiger partial charge in [-0.05, 0) is 35.0 Å². The lowest BCUT2D eigenvalue weighted by Crippen LogP contribution is -2.24. The first-order chi connectivity index (χ1) is 13.8. The van der Waals surface area contributed by atoms with Crippen LogP contribution in [0.2, 0.25) is 0 Å². The van der Waals surface area contributed by atoms with Crippen molar-refractivity contribution in [2.75, 3.05) is 14.2 Å².